The standard InChI is InChI=1S/C45H31N5/c1-4-14-30(15-5-1)38-28-39(31-16-6-2-7-17-31)48-45(47-38)32-24-27-42(46-29-32)50-41-23-13-11-21-35(41)37-26-25-36-34-20-10-12-22-40(34)49(43(36)44(37)50)33-18-8-3-9-19-33/h1,3-6,8-29H,2,7H2. The van der Waals surface area contributed by atoms with Crippen LogP contribution in [0.2, 0.25) is 0 Å². The molecule has 0 aliphatic heterocycles. The number of pyridine rings is 1. The number of nitrogens with zero attached hydrogens (tertiary/aromatic N) is 5. The zero-order valence-corrected chi connectivity index (χ0v) is 27.2. The lowest BCUT2D eigenvalue weighted by atomic mass is 10.0. The highest BCUT2D eigenvalue weighted by molar-refractivity contribution is 6.23. The molecule has 0 saturated heterocycles. The number of fused-ring (bicyclic) bond motifs is 7. The first kappa shape index (κ1) is 28.4. The van der Waals surface area contributed by atoms with Crippen molar-refractivity contribution in [2.24, 2.45) is 0 Å². The van der Waals surface area contributed by atoms with E-state index in [0.717, 1.165) is 69.0 Å². The summed E-state index contributed by atoms with van der Waals surface area (Å²) >= 11 is 0. The van der Waals surface area contributed by atoms with E-state index in [1.807, 2.05) is 24.4 Å². The minimum absolute atomic E-state index is 0.661. The lowest BCUT2D eigenvalue weighted by Gasteiger charge is -2.13. The molecule has 4 aromatic heterocycles. The summed E-state index contributed by atoms with van der Waals surface area (Å²) in [4.78, 5) is 15.3. The molecule has 0 spiro atoms. The fraction of sp³-hybridized carbons (Fsp3) is 0.0444. The van der Waals surface area contributed by atoms with E-state index in [9.17, 15) is 0 Å². The summed E-state index contributed by atoms with van der Waals surface area (Å²) in [6.45, 7) is 0. The summed E-state index contributed by atoms with van der Waals surface area (Å²) in [5.74, 6) is 1.50. The highest BCUT2D eigenvalue weighted by Crippen LogP contribution is 2.41. The maximum atomic E-state index is 5.15. The Morgan fingerprint density at radius 2 is 1.14 bits per heavy atom. The van der Waals surface area contributed by atoms with Gasteiger partial charge in [-0.1, -0.05) is 115 Å². The normalized spacial score (nSPS) is 13.1. The summed E-state index contributed by atoms with van der Waals surface area (Å²) in [5.41, 5.74) is 10.6. The van der Waals surface area contributed by atoms with Crippen LogP contribution in [0.4, 0.5) is 0 Å². The molecule has 0 amide bonds. The van der Waals surface area contributed by atoms with Crippen molar-refractivity contribution in [3.8, 4) is 34.2 Å². The molecule has 50 heavy (non-hydrogen) atoms. The fourth-order valence-corrected chi connectivity index (χ4v) is 7.52. The lowest BCUT2D eigenvalue weighted by molar-refractivity contribution is 1.03. The van der Waals surface area contributed by atoms with Gasteiger partial charge in [-0.15, -0.1) is 0 Å². The van der Waals surface area contributed by atoms with Gasteiger partial charge in [-0.05, 0) is 60.9 Å². The Hall–Kier alpha value is -6.59. The molecule has 5 aromatic carbocycles. The van der Waals surface area contributed by atoms with Crippen molar-refractivity contribution in [1.29, 1.82) is 0 Å². The van der Waals surface area contributed by atoms with Crippen LogP contribution < -0.4 is 0 Å². The average Bonchev–Trinajstić information content (AvgIpc) is 3.72. The molecule has 5 nitrogen and oxygen atoms in total. The maximum Gasteiger partial charge on any atom is 0.161 e. The minimum atomic E-state index is 0.661. The summed E-state index contributed by atoms with van der Waals surface area (Å²) < 4.78 is 4.72. The molecule has 0 saturated carbocycles. The predicted octanol–water partition coefficient (Wildman–Crippen LogP) is 11.1. The molecule has 0 N–H and O–H groups in total. The van der Waals surface area contributed by atoms with Gasteiger partial charge in [0.05, 0.1) is 33.5 Å². The van der Waals surface area contributed by atoms with Crippen molar-refractivity contribution in [2.45, 2.75) is 12.8 Å². The van der Waals surface area contributed by atoms with Gasteiger partial charge in [0, 0.05) is 44.6 Å². The quantitative estimate of drug-likeness (QED) is 0.188. The molecule has 0 unspecified atom stereocenters. The molecule has 236 valence electrons. The summed E-state index contributed by atoms with van der Waals surface area (Å²) in [6.07, 6.45) is 10.6. The maximum absolute atomic E-state index is 5.15. The Labute approximate surface area is 289 Å². The monoisotopic (exact) mass is 641 g/mol. The van der Waals surface area contributed by atoms with Crippen LogP contribution in [0.3, 0.4) is 0 Å². The molecule has 0 atom stereocenters. The number of hydrogen-bond acceptors (Lipinski definition) is 3. The number of aromatic nitrogens is 5. The number of rotatable bonds is 5. The third-order valence-electron chi connectivity index (χ3n) is 9.80. The predicted molar refractivity (Wildman–Crippen MR) is 206 cm³/mol. The molecule has 0 bridgehead atoms. The fourth-order valence-electron chi connectivity index (χ4n) is 7.52. The van der Waals surface area contributed by atoms with Crippen LogP contribution in [0.1, 0.15) is 18.5 Å². The second-order valence-electron chi connectivity index (χ2n) is 12.8. The van der Waals surface area contributed by atoms with E-state index >= 15 is 0 Å². The Kier molecular flexibility index (Phi) is 6.56. The molecular weight excluding hydrogens is 611 g/mol. The molecule has 1 aliphatic rings. The molecule has 5 heteroatoms. The van der Waals surface area contributed by atoms with Crippen LogP contribution in [0.25, 0.3) is 83.3 Å². The largest absolute Gasteiger partial charge is 0.307 e. The van der Waals surface area contributed by atoms with Crippen LogP contribution in [0.15, 0.2) is 164 Å². The van der Waals surface area contributed by atoms with Crippen molar-refractivity contribution < 1.29 is 0 Å². The summed E-state index contributed by atoms with van der Waals surface area (Å²) in [5, 5.41) is 4.82. The molecule has 1 aliphatic carbocycles. The van der Waals surface area contributed by atoms with E-state index in [-0.39, 0.29) is 0 Å². The average molecular weight is 642 g/mol. The zero-order valence-electron chi connectivity index (χ0n) is 27.2. The molecule has 0 radical (unpaired) electrons. The number of hydrogen-bond donors (Lipinski definition) is 0. The SMILES string of the molecule is C1=CC(c2cc(-c3ccccc3)nc(-c3ccc(-n4c5ccccc5c5ccc6c7ccccc7n(-c7ccccc7)c6c54)nc3)n2)=CCC1. The van der Waals surface area contributed by atoms with Gasteiger partial charge in [0.2, 0.25) is 0 Å². The van der Waals surface area contributed by atoms with Crippen molar-refractivity contribution in [3.63, 3.8) is 0 Å². The first-order chi connectivity index (χ1) is 24.8. The highest BCUT2D eigenvalue weighted by Gasteiger charge is 2.21. The Bertz CT molecular complexity index is 2790. The van der Waals surface area contributed by atoms with Gasteiger partial charge < -0.3 is 4.57 Å². The van der Waals surface area contributed by atoms with E-state index in [1.165, 1.54) is 27.1 Å². The highest BCUT2D eigenvalue weighted by atomic mass is 15.1. The van der Waals surface area contributed by atoms with Crippen LogP contribution >= 0.6 is 0 Å². The van der Waals surface area contributed by atoms with Crippen LogP contribution in [0, 0.1) is 0 Å². The topological polar surface area (TPSA) is 48.5 Å². The molecule has 9 aromatic rings. The second-order valence-corrected chi connectivity index (χ2v) is 12.8. The van der Waals surface area contributed by atoms with Crippen molar-refractivity contribution in [1.82, 2.24) is 24.1 Å². The van der Waals surface area contributed by atoms with E-state index in [2.05, 4.69) is 149 Å². The Morgan fingerprint density at radius 1 is 0.500 bits per heavy atom. The zero-order chi connectivity index (χ0) is 33.0. The Morgan fingerprint density at radius 3 is 1.82 bits per heavy atom. The third kappa shape index (κ3) is 4.51. The second kappa shape index (κ2) is 11.5. The van der Waals surface area contributed by atoms with Crippen LogP contribution in [-0.4, -0.2) is 24.1 Å². The van der Waals surface area contributed by atoms with Crippen molar-refractivity contribution in [3.05, 3.63) is 170 Å². The number of benzene rings is 5. The summed E-state index contributed by atoms with van der Waals surface area (Å²) in [6, 6.07) is 49.1. The van der Waals surface area contributed by atoms with Gasteiger partial charge in [0.15, 0.2) is 5.82 Å². The van der Waals surface area contributed by atoms with Gasteiger partial charge in [-0.2, -0.15) is 0 Å². The smallest absolute Gasteiger partial charge is 0.161 e. The van der Waals surface area contributed by atoms with Crippen molar-refractivity contribution in [2.75, 3.05) is 0 Å². The summed E-state index contributed by atoms with van der Waals surface area (Å²) in [7, 11) is 0. The minimum Gasteiger partial charge on any atom is -0.307 e. The van der Waals surface area contributed by atoms with Gasteiger partial charge >= 0.3 is 0 Å². The van der Waals surface area contributed by atoms with Gasteiger partial charge in [0.25, 0.3) is 0 Å². The van der Waals surface area contributed by atoms with E-state index in [1.54, 1.807) is 0 Å². The molecule has 0 fully saturated rings. The van der Waals surface area contributed by atoms with Gasteiger partial charge in [-0.25, -0.2) is 15.0 Å². The van der Waals surface area contributed by atoms with Crippen LogP contribution in [0.5, 0.6) is 0 Å². The van der Waals surface area contributed by atoms with Gasteiger partial charge in [-0.3, -0.25) is 4.57 Å². The van der Waals surface area contributed by atoms with Crippen LogP contribution in [-0.2, 0) is 0 Å². The van der Waals surface area contributed by atoms with E-state index in [4.69, 9.17) is 15.0 Å². The molecule has 10 rings (SSSR count). The number of allylic oxidation sites excluding steroid dienone is 4. The first-order valence-corrected chi connectivity index (χ1v) is 17.1. The number of para-hydroxylation sites is 3. The molecule has 4 heterocycles. The third-order valence-corrected chi connectivity index (χ3v) is 9.80. The first-order valence-electron chi connectivity index (χ1n) is 17.1. The lowest BCUT2D eigenvalue weighted by Crippen LogP contribution is -2.02. The van der Waals surface area contributed by atoms with E-state index in [0.29, 0.717) is 5.82 Å². The van der Waals surface area contributed by atoms with Crippen molar-refractivity contribution >= 4 is 49.2 Å². The van der Waals surface area contributed by atoms with E-state index < -0.39 is 0 Å². The van der Waals surface area contributed by atoms with Gasteiger partial charge in [0.1, 0.15) is 5.82 Å². The Balaban J connectivity index is 1.20. The molecular formula is C45H31N5.